The summed E-state index contributed by atoms with van der Waals surface area (Å²) in [5.41, 5.74) is 2.05. The number of benzene rings is 1. The van der Waals surface area contributed by atoms with Crippen molar-refractivity contribution in [3.8, 4) is 0 Å². The number of anilines is 2. The van der Waals surface area contributed by atoms with Crippen LogP contribution in [0.3, 0.4) is 0 Å². The van der Waals surface area contributed by atoms with Crippen LogP contribution in [0.2, 0.25) is 0 Å². The van der Waals surface area contributed by atoms with E-state index >= 15 is 0 Å². The van der Waals surface area contributed by atoms with E-state index in [0.29, 0.717) is 5.69 Å². The first-order valence-corrected chi connectivity index (χ1v) is 5.32. The molecule has 0 aromatic heterocycles. The van der Waals surface area contributed by atoms with E-state index in [9.17, 15) is 14.4 Å². The zero-order valence-electron chi connectivity index (χ0n) is 10.0. The standard InChI is InChI=1S/C12H12N2O4/c1-13(11(16)12(17)18)8-3-4-9-7(5-8)6-10(15)14(9)2/h3-5H,6H2,1-2H3,(H,17,18). The van der Waals surface area contributed by atoms with E-state index in [4.69, 9.17) is 5.11 Å². The Morgan fingerprint density at radius 3 is 2.67 bits per heavy atom. The maximum absolute atomic E-state index is 11.5. The largest absolute Gasteiger partial charge is 0.474 e. The predicted octanol–water partition coefficient (Wildman–Crippen LogP) is 0.253. The second-order valence-electron chi connectivity index (χ2n) is 4.11. The van der Waals surface area contributed by atoms with E-state index in [2.05, 4.69) is 0 Å². The summed E-state index contributed by atoms with van der Waals surface area (Å²) in [5.74, 6) is -2.53. The smallest absolute Gasteiger partial charge is 0.394 e. The Morgan fingerprint density at radius 2 is 2.06 bits per heavy atom. The Labute approximate surface area is 103 Å². The fourth-order valence-electron chi connectivity index (χ4n) is 1.93. The van der Waals surface area contributed by atoms with Gasteiger partial charge in [0.25, 0.3) is 0 Å². The highest BCUT2D eigenvalue weighted by Gasteiger charge is 2.26. The zero-order valence-corrected chi connectivity index (χ0v) is 10.0. The van der Waals surface area contributed by atoms with Crippen molar-refractivity contribution >= 4 is 29.2 Å². The van der Waals surface area contributed by atoms with Crippen molar-refractivity contribution < 1.29 is 19.5 Å². The van der Waals surface area contributed by atoms with Gasteiger partial charge in [-0.1, -0.05) is 0 Å². The molecule has 94 valence electrons. The van der Waals surface area contributed by atoms with Crippen LogP contribution in [-0.2, 0) is 20.8 Å². The minimum absolute atomic E-state index is 0.0191. The van der Waals surface area contributed by atoms with E-state index < -0.39 is 11.9 Å². The van der Waals surface area contributed by atoms with Crippen LogP contribution in [0, 0.1) is 0 Å². The Kier molecular flexibility index (Phi) is 2.78. The summed E-state index contributed by atoms with van der Waals surface area (Å²) in [6.45, 7) is 0. The highest BCUT2D eigenvalue weighted by atomic mass is 16.4. The summed E-state index contributed by atoms with van der Waals surface area (Å²) in [5, 5.41) is 8.64. The molecule has 2 rings (SSSR count). The van der Waals surface area contributed by atoms with Gasteiger partial charge < -0.3 is 14.9 Å². The van der Waals surface area contributed by atoms with Gasteiger partial charge >= 0.3 is 11.9 Å². The van der Waals surface area contributed by atoms with Crippen molar-refractivity contribution in [3.63, 3.8) is 0 Å². The average molecular weight is 248 g/mol. The molecule has 18 heavy (non-hydrogen) atoms. The van der Waals surface area contributed by atoms with E-state index in [1.54, 1.807) is 25.2 Å². The highest BCUT2D eigenvalue weighted by molar-refractivity contribution is 6.37. The molecule has 0 unspecified atom stereocenters. The Hall–Kier alpha value is -2.37. The molecule has 6 nitrogen and oxygen atoms in total. The first kappa shape index (κ1) is 12.1. The van der Waals surface area contributed by atoms with Crippen molar-refractivity contribution in [2.24, 2.45) is 0 Å². The third kappa shape index (κ3) is 1.81. The third-order valence-corrected chi connectivity index (χ3v) is 3.02. The van der Waals surface area contributed by atoms with Crippen LogP contribution in [0.4, 0.5) is 11.4 Å². The van der Waals surface area contributed by atoms with Crippen molar-refractivity contribution in [1.29, 1.82) is 0 Å². The molecule has 1 aliphatic heterocycles. The average Bonchev–Trinajstić information content (AvgIpc) is 2.62. The lowest BCUT2D eigenvalue weighted by Gasteiger charge is -2.16. The maximum Gasteiger partial charge on any atom is 0.394 e. The molecule has 0 spiro atoms. The summed E-state index contributed by atoms with van der Waals surface area (Å²) >= 11 is 0. The second kappa shape index (κ2) is 4.14. The molecule has 0 saturated carbocycles. The monoisotopic (exact) mass is 248 g/mol. The van der Waals surface area contributed by atoms with Crippen molar-refractivity contribution in [1.82, 2.24) is 0 Å². The molecule has 0 radical (unpaired) electrons. The van der Waals surface area contributed by atoms with Gasteiger partial charge in [-0.25, -0.2) is 4.79 Å². The predicted molar refractivity (Wildman–Crippen MR) is 64.6 cm³/mol. The number of likely N-dealkylation sites (N-methyl/N-ethyl adjacent to an activating group) is 2. The van der Waals surface area contributed by atoms with E-state index in [1.807, 2.05) is 0 Å². The molecule has 0 atom stereocenters. The van der Waals surface area contributed by atoms with Gasteiger partial charge in [0.05, 0.1) is 6.42 Å². The highest BCUT2D eigenvalue weighted by Crippen LogP contribution is 2.30. The third-order valence-electron chi connectivity index (χ3n) is 3.02. The Bertz CT molecular complexity index is 553. The molecular weight excluding hydrogens is 236 g/mol. The SMILES string of the molecule is CN(C(=O)C(=O)O)c1ccc2c(c1)CC(=O)N2C. The normalized spacial score (nSPS) is 13.4. The summed E-state index contributed by atoms with van der Waals surface area (Å²) in [6.07, 6.45) is 0.273. The molecule has 0 bridgehead atoms. The summed E-state index contributed by atoms with van der Waals surface area (Å²) < 4.78 is 0. The van der Waals surface area contributed by atoms with Gasteiger partial charge in [-0.3, -0.25) is 9.59 Å². The van der Waals surface area contributed by atoms with Crippen LogP contribution in [0.25, 0.3) is 0 Å². The number of carboxylic acid groups (broad SMARTS) is 1. The first-order chi connectivity index (χ1) is 8.41. The molecule has 1 aromatic carbocycles. The fraction of sp³-hybridized carbons (Fsp3) is 0.250. The lowest BCUT2D eigenvalue weighted by molar-refractivity contribution is -0.148. The molecule has 0 aliphatic carbocycles. The number of carbonyl (C=O) groups excluding carboxylic acids is 2. The molecule has 1 heterocycles. The minimum atomic E-state index is -1.51. The lowest BCUT2D eigenvalue weighted by atomic mass is 10.1. The van der Waals surface area contributed by atoms with Gasteiger partial charge in [0.1, 0.15) is 0 Å². The van der Waals surface area contributed by atoms with Gasteiger partial charge in [-0.2, -0.15) is 0 Å². The molecule has 1 N–H and O–H groups in total. The van der Waals surface area contributed by atoms with E-state index in [-0.39, 0.29) is 12.3 Å². The van der Waals surface area contributed by atoms with Gasteiger partial charge in [-0.05, 0) is 23.8 Å². The van der Waals surface area contributed by atoms with Crippen molar-refractivity contribution in [3.05, 3.63) is 23.8 Å². The van der Waals surface area contributed by atoms with E-state index in [1.165, 1.54) is 11.9 Å². The first-order valence-electron chi connectivity index (χ1n) is 5.32. The number of carboxylic acids is 1. The van der Waals surface area contributed by atoms with Crippen LogP contribution >= 0.6 is 0 Å². The Morgan fingerprint density at radius 1 is 1.39 bits per heavy atom. The molecule has 2 amide bonds. The topological polar surface area (TPSA) is 77.9 Å². The lowest BCUT2D eigenvalue weighted by Crippen LogP contribution is -2.32. The van der Waals surface area contributed by atoms with Crippen LogP contribution in [0.1, 0.15) is 5.56 Å². The van der Waals surface area contributed by atoms with Crippen molar-refractivity contribution in [2.45, 2.75) is 6.42 Å². The molecule has 1 aliphatic rings. The summed E-state index contributed by atoms with van der Waals surface area (Å²) in [7, 11) is 3.07. The number of hydrogen-bond acceptors (Lipinski definition) is 3. The molecule has 6 heteroatoms. The molecule has 1 aromatic rings. The number of carbonyl (C=O) groups is 3. The van der Waals surface area contributed by atoms with E-state index in [0.717, 1.165) is 16.2 Å². The number of hydrogen-bond donors (Lipinski definition) is 1. The molecule has 0 fully saturated rings. The second-order valence-corrected chi connectivity index (χ2v) is 4.11. The minimum Gasteiger partial charge on any atom is -0.474 e. The zero-order chi connectivity index (χ0) is 13.4. The number of fused-ring (bicyclic) bond motifs is 1. The molecular formula is C12H12N2O4. The van der Waals surface area contributed by atoms with Crippen LogP contribution in [0.5, 0.6) is 0 Å². The number of aliphatic carboxylic acids is 1. The quantitative estimate of drug-likeness (QED) is 0.723. The fourth-order valence-corrected chi connectivity index (χ4v) is 1.93. The van der Waals surface area contributed by atoms with Crippen LogP contribution in [-0.4, -0.2) is 37.0 Å². The summed E-state index contributed by atoms with van der Waals surface area (Å²) in [6, 6.07) is 4.99. The van der Waals surface area contributed by atoms with Gasteiger partial charge in [0.2, 0.25) is 5.91 Å². The number of rotatable bonds is 1. The Balaban J connectivity index is 2.34. The van der Waals surface area contributed by atoms with Crippen LogP contribution < -0.4 is 9.80 Å². The van der Waals surface area contributed by atoms with Crippen LogP contribution in [0.15, 0.2) is 18.2 Å². The van der Waals surface area contributed by atoms with Crippen molar-refractivity contribution in [2.75, 3.05) is 23.9 Å². The maximum atomic E-state index is 11.5. The number of nitrogens with zero attached hydrogens (tertiary/aromatic N) is 2. The van der Waals surface area contributed by atoms with Gasteiger partial charge in [-0.15, -0.1) is 0 Å². The number of amides is 2. The molecule has 0 saturated heterocycles. The van der Waals surface area contributed by atoms with Gasteiger partial charge in [0, 0.05) is 25.5 Å². The summed E-state index contributed by atoms with van der Waals surface area (Å²) in [4.78, 5) is 36.0. The van der Waals surface area contributed by atoms with Gasteiger partial charge in [0.15, 0.2) is 0 Å².